The van der Waals surface area contributed by atoms with Crippen molar-refractivity contribution in [3.63, 3.8) is 0 Å². The van der Waals surface area contributed by atoms with E-state index in [0.29, 0.717) is 18.9 Å². The number of aromatic nitrogens is 2. The Morgan fingerprint density at radius 1 is 1.30 bits per heavy atom. The first kappa shape index (κ1) is 21.2. The SMILES string of the molecule is CN=C(NCCc1nc(C(C)C)no1)NCC(C)(C)Cc1cccc(Cl)c1. The maximum absolute atomic E-state index is 6.09. The van der Waals surface area contributed by atoms with Gasteiger partial charge in [0.15, 0.2) is 11.8 Å². The van der Waals surface area contributed by atoms with E-state index >= 15 is 0 Å². The topological polar surface area (TPSA) is 75.3 Å². The van der Waals surface area contributed by atoms with Gasteiger partial charge in [0.2, 0.25) is 5.89 Å². The minimum absolute atomic E-state index is 0.0565. The molecule has 2 aromatic rings. The molecule has 0 radical (unpaired) electrons. The number of halogens is 1. The summed E-state index contributed by atoms with van der Waals surface area (Å²) in [6.07, 6.45) is 1.59. The zero-order chi connectivity index (χ0) is 19.9. The number of guanidine groups is 1. The van der Waals surface area contributed by atoms with Gasteiger partial charge in [-0.3, -0.25) is 4.99 Å². The molecule has 0 amide bonds. The fourth-order valence-electron chi connectivity index (χ4n) is 2.70. The molecule has 0 bridgehead atoms. The number of nitrogens with zero attached hydrogens (tertiary/aromatic N) is 3. The number of nitrogens with one attached hydrogen (secondary N) is 2. The van der Waals surface area contributed by atoms with Gasteiger partial charge >= 0.3 is 0 Å². The van der Waals surface area contributed by atoms with Crippen LogP contribution in [0.3, 0.4) is 0 Å². The highest BCUT2D eigenvalue weighted by atomic mass is 35.5. The van der Waals surface area contributed by atoms with E-state index in [2.05, 4.69) is 45.7 Å². The highest BCUT2D eigenvalue weighted by Crippen LogP contribution is 2.22. The molecular formula is C20H30ClN5O. The standard InChI is InChI=1S/C20H30ClN5O/c1-14(2)18-25-17(27-26-18)9-10-23-19(22-5)24-13-20(3,4)12-15-7-6-8-16(21)11-15/h6-8,11,14H,9-10,12-13H2,1-5H3,(H2,22,23,24). The lowest BCUT2D eigenvalue weighted by atomic mass is 9.86. The van der Waals surface area contributed by atoms with Gasteiger partial charge in [-0.05, 0) is 29.5 Å². The van der Waals surface area contributed by atoms with Crippen LogP contribution in [0.25, 0.3) is 0 Å². The number of benzene rings is 1. The van der Waals surface area contributed by atoms with Crippen LogP contribution in [0.1, 0.15) is 50.9 Å². The molecule has 148 valence electrons. The van der Waals surface area contributed by atoms with Gasteiger partial charge in [0.1, 0.15) is 0 Å². The molecule has 0 aliphatic rings. The Balaban J connectivity index is 1.78. The summed E-state index contributed by atoms with van der Waals surface area (Å²) < 4.78 is 5.26. The van der Waals surface area contributed by atoms with Crippen LogP contribution in [0.5, 0.6) is 0 Å². The van der Waals surface area contributed by atoms with Crippen LogP contribution >= 0.6 is 11.6 Å². The van der Waals surface area contributed by atoms with Crippen molar-refractivity contribution in [1.82, 2.24) is 20.8 Å². The molecule has 2 rings (SSSR count). The van der Waals surface area contributed by atoms with Gasteiger partial charge < -0.3 is 15.2 Å². The largest absolute Gasteiger partial charge is 0.356 e. The van der Waals surface area contributed by atoms with Gasteiger partial charge in [0.25, 0.3) is 0 Å². The fourth-order valence-corrected chi connectivity index (χ4v) is 2.91. The summed E-state index contributed by atoms with van der Waals surface area (Å²) in [7, 11) is 1.77. The predicted octanol–water partition coefficient (Wildman–Crippen LogP) is 3.82. The number of hydrogen-bond donors (Lipinski definition) is 2. The molecule has 0 saturated carbocycles. The Morgan fingerprint density at radius 2 is 2.07 bits per heavy atom. The molecule has 0 unspecified atom stereocenters. The van der Waals surface area contributed by atoms with Crippen LogP contribution in [0, 0.1) is 5.41 Å². The smallest absolute Gasteiger partial charge is 0.228 e. The minimum Gasteiger partial charge on any atom is -0.356 e. The van der Waals surface area contributed by atoms with Gasteiger partial charge in [0, 0.05) is 37.5 Å². The Morgan fingerprint density at radius 3 is 2.70 bits per heavy atom. The second-order valence-electron chi connectivity index (χ2n) is 7.77. The Kier molecular flexibility index (Phi) is 7.66. The van der Waals surface area contributed by atoms with Crippen LogP contribution in [0.4, 0.5) is 0 Å². The molecule has 0 spiro atoms. The molecule has 0 atom stereocenters. The molecule has 6 nitrogen and oxygen atoms in total. The molecular weight excluding hydrogens is 362 g/mol. The molecule has 0 fully saturated rings. The quantitative estimate of drug-likeness (QED) is 0.528. The van der Waals surface area contributed by atoms with E-state index < -0.39 is 0 Å². The van der Waals surface area contributed by atoms with E-state index in [4.69, 9.17) is 16.1 Å². The first-order valence-electron chi connectivity index (χ1n) is 9.30. The monoisotopic (exact) mass is 391 g/mol. The third-order valence-electron chi connectivity index (χ3n) is 4.16. The van der Waals surface area contributed by atoms with Crippen molar-refractivity contribution in [1.29, 1.82) is 0 Å². The molecule has 1 heterocycles. The highest BCUT2D eigenvalue weighted by molar-refractivity contribution is 6.30. The van der Waals surface area contributed by atoms with Crippen molar-refractivity contribution < 1.29 is 4.52 Å². The van der Waals surface area contributed by atoms with Crippen molar-refractivity contribution in [2.24, 2.45) is 10.4 Å². The summed E-state index contributed by atoms with van der Waals surface area (Å²) in [6.45, 7) is 10.00. The fraction of sp³-hybridized carbons (Fsp3) is 0.550. The maximum Gasteiger partial charge on any atom is 0.228 e. The third-order valence-corrected chi connectivity index (χ3v) is 4.40. The normalized spacial score (nSPS) is 12.5. The maximum atomic E-state index is 6.09. The Hall–Kier alpha value is -2.08. The molecule has 2 N–H and O–H groups in total. The molecule has 0 saturated heterocycles. The average molecular weight is 392 g/mol. The van der Waals surface area contributed by atoms with Gasteiger partial charge in [-0.2, -0.15) is 4.98 Å². The third kappa shape index (κ3) is 7.21. The van der Waals surface area contributed by atoms with Crippen molar-refractivity contribution in [2.45, 2.75) is 46.5 Å². The van der Waals surface area contributed by atoms with Gasteiger partial charge in [-0.1, -0.05) is 56.6 Å². The number of hydrogen-bond acceptors (Lipinski definition) is 4. The lowest BCUT2D eigenvalue weighted by Gasteiger charge is -2.26. The van der Waals surface area contributed by atoms with E-state index in [0.717, 1.165) is 29.8 Å². The molecule has 1 aromatic heterocycles. The van der Waals surface area contributed by atoms with Crippen LogP contribution < -0.4 is 10.6 Å². The molecule has 7 heteroatoms. The second kappa shape index (κ2) is 9.74. The first-order valence-corrected chi connectivity index (χ1v) is 9.68. The van der Waals surface area contributed by atoms with Crippen LogP contribution in [0.2, 0.25) is 5.02 Å². The van der Waals surface area contributed by atoms with Gasteiger partial charge in [0.05, 0.1) is 0 Å². The molecule has 0 aliphatic carbocycles. The molecule has 27 heavy (non-hydrogen) atoms. The second-order valence-corrected chi connectivity index (χ2v) is 8.21. The summed E-state index contributed by atoms with van der Waals surface area (Å²) in [6, 6.07) is 8.02. The summed E-state index contributed by atoms with van der Waals surface area (Å²) in [5.74, 6) is 2.42. The molecule has 0 aliphatic heterocycles. The van der Waals surface area contributed by atoms with Crippen molar-refractivity contribution >= 4 is 17.6 Å². The Labute approximate surface area is 166 Å². The first-order chi connectivity index (χ1) is 12.8. The van der Waals surface area contributed by atoms with E-state index in [1.807, 2.05) is 32.0 Å². The van der Waals surface area contributed by atoms with Gasteiger partial charge in [-0.15, -0.1) is 0 Å². The van der Waals surface area contributed by atoms with Gasteiger partial charge in [-0.25, -0.2) is 0 Å². The number of aliphatic imine (C=N–C) groups is 1. The lowest BCUT2D eigenvalue weighted by molar-refractivity contribution is 0.358. The zero-order valence-electron chi connectivity index (χ0n) is 16.8. The van der Waals surface area contributed by atoms with E-state index in [1.54, 1.807) is 7.05 Å². The number of rotatable bonds is 8. The minimum atomic E-state index is 0.0565. The van der Waals surface area contributed by atoms with Crippen molar-refractivity contribution in [2.75, 3.05) is 20.1 Å². The van der Waals surface area contributed by atoms with E-state index in [1.165, 1.54) is 5.56 Å². The highest BCUT2D eigenvalue weighted by Gasteiger charge is 2.19. The summed E-state index contributed by atoms with van der Waals surface area (Å²) in [5.41, 5.74) is 1.29. The zero-order valence-corrected chi connectivity index (χ0v) is 17.6. The van der Waals surface area contributed by atoms with Crippen LogP contribution in [-0.2, 0) is 12.8 Å². The lowest BCUT2D eigenvalue weighted by Crippen LogP contribution is -2.43. The Bertz CT molecular complexity index is 754. The van der Waals surface area contributed by atoms with Crippen molar-refractivity contribution in [3.8, 4) is 0 Å². The van der Waals surface area contributed by atoms with E-state index in [9.17, 15) is 0 Å². The van der Waals surface area contributed by atoms with Crippen LogP contribution in [0.15, 0.2) is 33.8 Å². The average Bonchev–Trinajstić information content (AvgIpc) is 3.06. The van der Waals surface area contributed by atoms with Crippen molar-refractivity contribution in [3.05, 3.63) is 46.6 Å². The van der Waals surface area contributed by atoms with Crippen LogP contribution in [-0.4, -0.2) is 36.2 Å². The summed E-state index contributed by atoms with van der Waals surface area (Å²) in [4.78, 5) is 8.67. The molecule has 1 aromatic carbocycles. The van der Waals surface area contributed by atoms with E-state index in [-0.39, 0.29) is 11.3 Å². The summed E-state index contributed by atoms with van der Waals surface area (Å²) in [5, 5.41) is 11.4. The predicted molar refractivity (Wildman–Crippen MR) is 110 cm³/mol. The summed E-state index contributed by atoms with van der Waals surface area (Å²) >= 11 is 6.09.